The van der Waals surface area contributed by atoms with E-state index < -0.39 is 17.4 Å². The molecule has 0 spiro atoms. The van der Waals surface area contributed by atoms with E-state index in [2.05, 4.69) is 13.8 Å². The molecule has 0 saturated heterocycles. The van der Waals surface area contributed by atoms with Gasteiger partial charge in [-0.3, -0.25) is 14.4 Å². The molecule has 28 heavy (non-hydrogen) atoms. The molecule has 0 bridgehead atoms. The van der Waals surface area contributed by atoms with Crippen LogP contribution < -0.4 is 0 Å². The maximum atomic E-state index is 12.8. The number of nitrogens with zero attached hydrogens (tertiary/aromatic N) is 1. The highest BCUT2D eigenvalue weighted by Gasteiger charge is 2.63. The lowest BCUT2D eigenvalue weighted by molar-refractivity contribution is -0.175. The summed E-state index contributed by atoms with van der Waals surface area (Å²) in [5.74, 6) is -1.27. The van der Waals surface area contributed by atoms with Gasteiger partial charge in [-0.25, -0.2) is 0 Å². The van der Waals surface area contributed by atoms with Crippen LogP contribution in [0, 0.1) is 28.1 Å². The Morgan fingerprint density at radius 2 is 1.79 bits per heavy atom. The third-order valence-corrected chi connectivity index (χ3v) is 8.94. The Bertz CT molecular complexity index is 788. The fourth-order valence-corrected chi connectivity index (χ4v) is 7.63. The van der Waals surface area contributed by atoms with Gasteiger partial charge in [0.05, 0.1) is 5.41 Å². The zero-order chi connectivity index (χ0) is 20.5. The van der Waals surface area contributed by atoms with Crippen LogP contribution in [0.5, 0.6) is 0 Å². The molecule has 6 heteroatoms. The number of carbonyl (C=O) groups excluding carboxylic acids is 1. The highest BCUT2D eigenvalue weighted by atomic mass is 16.4. The predicted molar refractivity (Wildman–Crippen MR) is 102 cm³/mol. The van der Waals surface area contributed by atoms with Gasteiger partial charge in [0.2, 0.25) is 0 Å². The van der Waals surface area contributed by atoms with Crippen molar-refractivity contribution in [2.24, 2.45) is 28.1 Å². The Labute approximate surface area is 166 Å². The van der Waals surface area contributed by atoms with E-state index >= 15 is 0 Å². The lowest BCUT2D eigenvalue weighted by atomic mass is 9.40. The first kappa shape index (κ1) is 19.5. The van der Waals surface area contributed by atoms with Crippen LogP contribution in [-0.4, -0.2) is 46.0 Å². The fourth-order valence-electron chi connectivity index (χ4n) is 7.63. The zero-order valence-electron chi connectivity index (χ0n) is 17.1. The highest BCUT2D eigenvalue weighted by Crippen LogP contribution is 2.68. The summed E-state index contributed by atoms with van der Waals surface area (Å²) >= 11 is 0. The second kappa shape index (κ2) is 6.07. The second-order valence-corrected chi connectivity index (χ2v) is 10.2. The van der Waals surface area contributed by atoms with Crippen molar-refractivity contribution < 1.29 is 24.6 Å². The normalized spacial score (nSPS) is 42.7. The Morgan fingerprint density at radius 3 is 2.43 bits per heavy atom. The van der Waals surface area contributed by atoms with Crippen molar-refractivity contribution in [1.82, 2.24) is 4.90 Å². The summed E-state index contributed by atoms with van der Waals surface area (Å²) in [5.41, 5.74) is 1.10. The first-order valence-electron chi connectivity index (χ1n) is 10.5. The van der Waals surface area contributed by atoms with Gasteiger partial charge in [0.15, 0.2) is 0 Å². The van der Waals surface area contributed by atoms with E-state index in [9.17, 15) is 19.5 Å². The molecule has 154 valence electrons. The van der Waals surface area contributed by atoms with Crippen molar-refractivity contribution in [1.29, 1.82) is 0 Å². The van der Waals surface area contributed by atoms with Crippen molar-refractivity contribution in [2.45, 2.75) is 65.7 Å². The Kier molecular flexibility index (Phi) is 4.22. The lowest BCUT2D eigenvalue weighted by Gasteiger charge is -2.63. The number of carbonyl (C=O) groups is 3. The topological polar surface area (TPSA) is 94.9 Å². The molecule has 1 aliphatic heterocycles. The Balaban J connectivity index is 1.71. The molecule has 0 aromatic rings. The van der Waals surface area contributed by atoms with Gasteiger partial charge in [-0.15, -0.1) is 0 Å². The molecule has 4 aliphatic rings. The molecule has 0 unspecified atom stereocenters. The summed E-state index contributed by atoms with van der Waals surface area (Å²) in [6, 6.07) is 0. The average molecular weight is 389 g/mol. The van der Waals surface area contributed by atoms with E-state index in [0.717, 1.165) is 49.7 Å². The van der Waals surface area contributed by atoms with Crippen LogP contribution in [0.2, 0.25) is 0 Å². The van der Waals surface area contributed by atoms with Gasteiger partial charge >= 0.3 is 11.9 Å². The van der Waals surface area contributed by atoms with Crippen LogP contribution in [0.1, 0.15) is 65.7 Å². The minimum absolute atomic E-state index is 0.0554. The number of rotatable bonds is 3. The number of fused-ring (bicyclic) bond motifs is 4. The van der Waals surface area contributed by atoms with Gasteiger partial charge in [0.1, 0.15) is 6.54 Å². The monoisotopic (exact) mass is 389 g/mol. The highest BCUT2D eigenvalue weighted by molar-refractivity contribution is 5.99. The standard InChI is InChI=1S/C22H31NO5/c1-20-10-7-16-21(2,8-4-9-22(16,3)19(27)28)15(20)6-5-13-14(20)11-23(18(13)26)12-17(24)25/h15-16H,4-12H2,1-3H3,(H,24,25)(H,27,28)/t15-,16+,20-,21+,22-/m0/s1. The van der Waals surface area contributed by atoms with Gasteiger partial charge in [0, 0.05) is 12.1 Å². The quantitative estimate of drug-likeness (QED) is 0.772. The molecule has 1 amide bonds. The molecule has 0 aromatic heterocycles. The molecule has 3 aliphatic carbocycles. The molecule has 0 aromatic carbocycles. The van der Waals surface area contributed by atoms with E-state index in [1.165, 1.54) is 4.90 Å². The summed E-state index contributed by atoms with van der Waals surface area (Å²) in [5, 5.41) is 19.2. The number of carboxylic acid groups (broad SMARTS) is 2. The minimum atomic E-state index is -0.977. The van der Waals surface area contributed by atoms with Gasteiger partial charge in [-0.2, -0.15) is 0 Å². The summed E-state index contributed by atoms with van der Waals surface area (Å²) in [7, 11) is 0. The van der Waals surface area contributed by atoms with E-state index in [-0.39, 0.29) is 29.2 Å². The van der Waals surface area contributed by atoms with Crippen molar-refractivity contribution in [2.75, 3.05) is 13.1 Å². The summed E-state index contributed by atoms with van der Waals surface area (Å²) in [6.07, 6.45) is 6.03. The number of aliphatic carboxylic acids is 2. The summed E-state index contributed by atoms with van der Waals surface area (Å²) in [4.78, 5) is 37.6. The molecule has 2 N–H and O–H groups in total. The number of hydrogen-bond donors (Lipinski definition) is 2. The molecule has 0 radical (unpaired) electrons. The van der Waals surface area contributed by atoms with Crippen molar-refractivity contribution >= 4 is 17.8 Å². The smallest absolute Gasteiger partial charge is 0.323 e. The van der Waals surface area contributed by atoms with Crippen LogP contribution >= 0.6 is 0 Å². The molecule has 2 fully saturated rings. The molecular weight excluding hydrogens is 358 g/mol. The number of amides is 1. The molecule has 4 rings (SSSR count). The second-order valence-electron chi connectivity index (χ2n) is 10.2. The van der Waals surface area contributed by atoms with Crippen molar-refractivity contribution in [3.05, 3.63) is 11.1 Å². The minimum Gasteiger partial charge on any atom is -0.481 e. The van der Waals surface area contributed by atoms with Gasteiger partial charge in [-0.1, -0.05) is 20.3 Å². The molecule has 6 nitrogen and oxygen atoms in total. The average Bonchev–Trinajstić information content (AvgIpc) is 2.91. The number of carboxylic acids is 2. The maximum absolute atomic E-state index is 12.8. The third kappa shape index (κ3) is 2.42. The van der Waals surface area contributed by atoms with Crippen LogP contribution in [0.3, 0.4) is 0 Å². The Hall–Kier alpha value is -1.85. The molecule has 2 saturated carbocycles. The first-order valence-corrected chi connectivity index (χ1v) is 10.5. The lowest BCUT2D eigenvalue weighted by Crippen LogP contribution is -2.58. The van der Waals surface area contributed by atoms with E-state index in [0.29, 0.717) is 18.9 Å². The number of hydrogen-bond acceptors (Lipinski definition) is 3. The first-order chi connectivity index (χ1) is 13.0. The summed E-state index contributed by atoms with van der Waals surface area (Å²) < 4.78 is 0. The SMILES string of the molecule is C[C@]12CCC[C@](C)(C(=O)O)[C@@H]1CC[C@@]1(C)C3=C(CC[C@H]21)C(=O)N(CC(=O)O)C3. The fraction of sp³-hybridized carbons (Fsp3) is 0.773. The molecular formula is C22H31NO5. The maximum Gasteiger partial charge on any atom is 0.323 e. The van der Waals surface area contributed by atoms with E-state index in [1.807, 2.05) is 6.92 Å². The van der Waals surface area contributed by atoms with Crippen molar-refractivity contribution in [3.8, 4) is 0 Å². The van der Waals surface area contributed by atoms with Gasteiger partial charge in [-0.05, 0) is 73.7 Å². The van der Waals surface area contributed by atoms with E-state index in [1.54, 1.807) is 0 Å². The van der Waals surface area contributed by atoms with Crippen LogP contribution in [0.15, 0.2) is 11.1 Å². The molecule has 5 atom stereocenters. The van der Waals surface area contributed by atoms with Gasteiger partial charge in [0.25, 0.3) is 5.91 Å². The largest absolute Gasteiger partial charge is 0.481 e. The molecule has 1 heterocycles. The van der Waals surface area contributed by atoms with Crippen LogP contribution in [0.25, 0.3) is 0 Å². The van der Waals surface area contributed by atoms with Gasteiger partial charge < -0.3 is 15.1 Å². The zero-order valence-corrected chi connectivity index (χ0v) is 17.1. The third-order valence-electron chi connectivity index (χ3n) is 8.94. The van der Waals surface area contributed by atoms with Crippen LogP contribution in [0.4, 0.5) is 0 Å². The van der Waals surface area contributed by atoms with Crippen LogP contribution in [-0.2, 0) is 14.4 Å². The summed E-state index contributed by atoms with van der Waals surface area (Å²) in [6.45, 7) is 6.64. The predicted octanol–water partition coefficient (Wildman–Crippen LogP) is 3.32. The van der Waals surface area contributed by atoms with Crippen molar-refractivity contribution in [3.63, 3.8) is 0 Å². The Morgan fingerprint density at radius 1 is 1.07 bits per heavy atom. The van der Waals surface area contributed by atoms with E-state index in [4.69, 9.17) is 5.11 Å².